The molecule has 29 heavy (non-hydrogen) atoms. The smallest absolute Gasteiger partial charge is 0.266 e. The van der Waals surface area contributed by atoms with Gasteiger partial charge in [-0.3, -0.25) is 10.2 Å². The minimum absolute atomic E-state index is 0.0515. The zero-order chi connectivity index (χ0) is 21.5. The lowest BCUT2D eigenvalue weighted by Gasteiger charge is -2.14. The Morgan fingerprint density at radius 2 is 1.86 bits per heavy atom. The first kappa shape index (κ1) is 21.6. The fourth-order valence-corrected chi connectivity index (χ4v) is 5.22. The number of aryl methyl sites for hydroxylation is 3. The topological polar surface area (TPSA) is 93.1 Å². The summed E-state index contributed by atoms with van der Waals surface area (Å²) >= 11 is 12.3. The highest BCUT2D eigenvalue weighted by atomic mass is 35.5. The van der Waals surface area contributed by atoms with E-state index in [2.05, 4.69) is 15.2 Å². The Kier molecular flexibility index (Phi) is 5.91. The Bertz CT molecular complexity index is 1210. The minimum atomic E-state index is -4.14. The van der Waals surface area contributed by atoms with Gasteiger partial charge in [-0.2, -0.15) is 0 Å². The fraction of sp³-hybridized carbons (Fsp3) is 0.263. The van der Waals surface area contributed by atoms with Gasteiger partial charge in [-0.15, -0.1) is 4.83 Å². The Balaban J connectivity index is 1.86. The highest BCUT2D eigenvalue weighted by molar-refractivity contribution is 7.89. The van der Waals surface area contributed by atoms with Gasteiger partial charge < -0.3 is 4.57 Å². The van der Waals surface area contributed by atoms with Crippen LogP contribution in [0.25, 0.3) is 11.0 Å². The summed E-state index contributed by atoms with van der Waals surface area (Å²) in [4.78, 5) is 18.9. The third-order valence-corrected chi connectivity index (χ3v) is 7.08. The summed E-state index contributed by atoms with van der Waals surface area (Å²) in [5.74, 6) is 0.217. The van der Waals surface area contributed by atoms with Crippen LogP contribution in [0.1, 0.15) is 34.2 Å². The van der Waals surface area contributed by atoms with E-state index in [4.69, 9.17) is 23.2 Å². The van der Waals surface area contributed by atoms with Crippen LogP contribution in [0.5, 0.6) is 0 Å². The Labute approximate surface area is 179 Å². The van der Waals surface area contributed by atoms with Crippen LogP contribution >= 0.6 is 23.2 Å². The predicted molar refractivity (Wildman–Crippen MR) is 114 cm³/mol. The number of hydrogen-bond donors (Lipinski definition) is 2. The van der Waals surface area contributed by atoms with Crippen molar-refractivity contribution in [1.82, 2.24) is 19.8 Å². The maximum absolute atomic E-state index is 12.7. The molecule has 1 amide bonds. The third-order valence-electron chi connectivity index (χ3n) is 4.67. The van der Waals surface area contributed by atoms with E-state index in [1.54, 1.807) is 38.1 Å². The molecule has 2 aromatic carbocycles. The average Bonchev–Trinajstić information content (AvgIpc) is 2.98. The van der Waals surface area contributed by atoms with E-state index in [1.165, 1.54) is 0 Å². The number of nitrogens with zero attached hydrogens (tertiary/aromatic N) is 2. The average molecular weight is 455 g/mol. The molecule has 3 rings (SSSR count). The van der Waals surface area contributed by atoms with Gasteiger partial charge in [-0.25, -0.2) is 13.4 Å². The zero-order valence-electron chi connectivity index (χ0n) is 16.3. The first-order chi connectivity index (χ1) is 13.6. The fourth-order valence-electron chi connectivity index (χ4n) is 3.16. The number of hydrogen-bond acceptors (Lipinski definition) is 4. The molecule has 1 aromatic heterocycles. The summed E-state index contributed by atoms with van der Waals surface area (Å²) < 4.78 is 27.5. The van der Waals surface area contributed by atoms with Crippen LogP contribution in [-0.4, -0.2) is 23.9 Å². The molecule has 0 aliphatic carbocycles. The lowest BCUT2D eigenvalue weighted by Crippen LogP contribution is -2.41. The number of aromatic nitrogens is 2. The molecule has 0 bridgehead atoms. The molecule has 1 heterocycles. The van der Waals surface area contributed by atoms with Crippen LogP contribution in [0.15, 0.2) is 29.2 Å². The highest BCUT2D eigenvalue weighted by Crippen LogP contribution is 2.33. The van der Waals surface area contributed by atoms with Crippen LogP contribution in [0.2, 0.25) is 10.0 Å². The molecule has 0 radical (unpaired) electrons. The van der Waals surface area contributed by atoms with Crippen molar-refractivity contribution >= 4 is 50.2 Å². The number of amides is 1. The van der Waals surface area contributed by atoms with Crippen LogP contribution in [0.4, 0.5) is 0 Å². The lowest BCUT2D eigenvalue weighted by atomic mass is 10.2. The zero-order valence-corrected chi connectivity index (χ0v) is 18.6. The minimum Gasteiger partial charge on any atom is -0.329 e. The van der Waals surface area contributed by atoms with Crippen molar-refractivity contribution in [2.24, 2.45) is 0 Å². The Morgan fingerprint density at radius 3 is 2.52 bits per heavy atom. The van der Waals surface area contributed by atoms with Crippen LogP contribution < -0.4 is 10.3 Å². The number of halogens is 2. The van der Waals surface area contributed by atoms with Crippen LogP contribution in [0.3, 0.4) is 0 Å². The molecule has 0 atom stereocenters. The van der Waals surface area contributed by atoms with E-state index in [9.17, 15) is 13.2 Å². The molecule has 0 unspecified atom stereocenters. The maximum Gasteiger partial charge on any atom is 0.266 e. The number of rotatable bonds is 5. The normalized spacial score (nSPS) is 11.8. The summed E-state index contributed by atoms with van der Waals surface area (Å²) in [7, 11) is -4.14. The molecule has 0 aliphatic heterocycles. The second-order valence-electron chi connectivity index (χ2n) is 6.61. The maximum atomic E-state index is 12.7. The van der Waals surface area contributed by atoms with E-state index in [0.717, 1.165) is 17.9 Å². The van der Waals surface area contributed by atoms with Crippen LogP contribution in [-0.2, 0) is 16.6 Å². The molecule has 7 nitrogen and oxygen atoms in total. The van der Waals surface area contributed by atoms with E-state index >= 15 is 0 Å². The standard InChI is InChI=1S/C19H20Cl2N4O3S/c1-5-25-12(4)22-15-9-13(6-7-16(15)25)19(26)23-24-29(27,28)18-11(3)14(20)8-10(2)17(18)21/h6-9,24H,5H2,1-4H3,(H,23,26). The van der Waals surface area contributed by atoms with E-state index < -0.39 is 15.9 Å². The summed E-state index contributed by atoms with van der Waals surface area (Å²) in [6, 6.07) is 6.59. The molecule has 0 saturated heterocycles. The van der Waals surface area contributed by atoms with Crippen molar-refractivity contribution in [3.63, 3.8) is 0 Å². The van der Waals surface area contributed by atoms with E-state index in [0.29, 0.717) is 16.6 Å². The molecule has 10 heteroatoms. The number of carbonyl (C=O) groups excluding carboxylic acids is 1. The molecule has 3 aromatic rings. The first-order valence-electron chi connectivity index (χ1n) is 8.81. The van der Waals surface area contributed by atoms with Gasteiger partial charge in [0.05, 0.1) is 16.1 Å². The van der Waals surface area contributed by atoms with Gasteiger partial charge in [0.1, 0.15) is 10.7 Å². The summed E-state index contributed by atoms with van der Waals surface area (Å²) in [6.45, 7) is 7.85. The first-order valence-corrected chi connectivity index (χ1v) is 11.0. The molecule has 154 valence electrons. The van der Waals surface area contributed by atoms with Crippen molar-refractivity contribution in [2.45, 2.75) is 39.1 Å². The molecule has 0 aliphatic rings. The number of hydrazine groups is 1. The van der Waals surface area contributed by atoms with Crippen LogP contribution in [0, 0.1) is 20.8 Å². The molecular weight excluding hydrogens is 435 g/mol. The summed E-state index contributed by atoms with van der Waals surface area (Å²) in [6.07, 6.45) is 0. The van der Waals surface area contributed by atoms with Crippen molar-refractivity contribution in [2.75, 3.05) is 0 Å². The largest absolute Gasteiger partial charge is 0.329 e. The summed E-state index contributed by atoms with van der Waals surface area (Å²) in [5.41, 5.74) is 4.86. The number of carbonyl (C=O) groups is 1. The van der Waals surface area contributed by atoms with Crippen molar-refractivity contribution in [1.29, 1.82) is 0 Å². The predicted octanol–water partition coefficient (Wildman–Crippen LogP) is 3.91. The Morgan fingerprint density at radius 1 is 1.17 bits per heavy atom. The van der Waals surface area contributed by atoms with E-state index in [1.807, 2.05) is 18.4 Å². The third kappa shape index (κ3) is 3.98. The monoisotopic (exact) mass is 454 g/mol. The van der Waals surface area contributed by atoms with Gasteiger partial charge in [-0.05, 0) is 63.1 Å². The van der Waals surface area contributed by atoms with Gasteiger partial charge >= 0.3 is 0 Å². The number of fused-ring (bicyclic) bond motifs is 1. The number of imidazole rings is 1. The lowest BCUT2D eigenvalue weighted by molar-refractivity contribution is 0.0945. The van der Waals surface area contributed by atoms with Crippen molar-refractivity contribution in [3.05, 3.63) is 56.8 Å². The van der Waals surface area contributed by atoms with E-state index in [-0.39, 0.29) is 20.5 Å². The van der Waals surface area contributed by atoms with Crippen molar-refractivity contribution in [3.8, 4) is 0 Å². The molecule has 0 spiro atoms. The number of benzene rings is 2. The second-order valence-corrected chi connectivity index (χ2v) is 9.01. The molecule has 2 N–H and O–H groups in total. The van der Waals surface area contributed by atoms with Gasteiger partial charge in [-0.1, -0.05) is 23.2 Å². The van der Waals surface area contributed by atoms with Gasteiger partial charge in [0.15, 0.2) is 0 Å². The quantitative estimate of drug-likeness (QED) is 0.571. The summed E-state index contributed by atoms with van der Waals surface area (Å²) in [5, 5.41) is 0.321. The molecule has 0 fully saturated rings. The number of sulfonamides is 1. The van der Waals surface area contributed by atoms with Gasteiger partial charge in [0, 0.05) is 17.1 Å². The molecular formula is C19H20Cl2N4O3S. The molecule has 0 saturated carbocycles. The second kappa shape index (κ2) is 7.95. The number of nitrogens with one attached hydrogen (secondary N) is 2. The van der Waals surface area contributed by atoms with Crippen molar-refractivity contribution < 1.29 is 13.2 Å². The SMILES string of the molecule is CCn1c(C)nc2cc(C(=O)NNS(=O)(=O)c3c(C)c(Cl)cc(C)c3Cl)ccc21. The van der Waals surface area contributed by atoms with Gasteiger partial charge in [0.2, 0.25) is 0 Å². The van der Waals surface area contributed by atoms with Gasteiger partial charge in [0.25, 0.3) is 15.9 Å². The Hall–Kier alpha value is -2.13. The highest BCUT2D eigenvalue weighted by Gasteiger charge is 2.24.